The van der Waals surface area contributed by atoms with E-state index in [9.17, 15) is 0 Å². The second kappa shape index (κ2) is 2.78. The van der Waals surface area contributed by atoms with Gasteiger partial charge in [-0.05, 0) is 18.6 Å². The van der Waals surface area contributed by atoms with Gasteiger partial charge in [-0.15, -0.1) is 0 Å². The minimum atomic E-state index is 0.727. The van der Waals surface area contributed by atoms with Gasteiger partial charge in [0.25, 0.3) is 0 Å². The second-order valence-electron chi connectivity index (χ2n) is 2.48. The largest absolute Gasteiger partial charge is 0.476 e. The second-order valence-corrected chi connectivity index (χ2v) is 2.48. The SMILES string of the molecule is c1cnc2c(c1)NCCCO2. The maximum Gasteiger partial charge on any atom is 0.237 e. The number of fused-ring (bicyclic) bond motifs is 1. The minimum Gasteiger partial charge on any atom is -0.476 e. The molecule has 1 aromatic heterocycles. The maximum absolute atomic E-state index is 5.37. The summed E-state index contributed by atoms with van der Waals surface area (Å²) in [4.78, 5) is 4.09. The van der Waals surface area contributed by atoms with Gasteiger partial charge in [-0.1, -0.05) is 0 Å². The molecule has 3 nitrogen and oxygen atoms in total. The molecule has 0 fully saturated rings. The van der Waals surface area contributed by atoms with Crippen LogP contribution in [-0.4, -0.2) is 18.1 Å². The molecule has 0 radical (unpaired) electrons. The number of aromatic nitrogens is 1. The number of hydrogen-bond donors (Lipinski definition) is 1. The number of hydrogen-bond acceptors (Lipinski definition) is 3. The Morgan fingerprint density at radius 1 is 1.55 bits per heavy atom. The van der Waals surface area contributed by atoms with Crippen LogP contribution in [0.1, 0.15) is 6.42 Å². The normalized spacial score (nSPS) is 15.6. The lowest BCUT2D eigenvalue weighted by molar-refractivity contribution is 0.311. The lowest BCUT2D eigenvalue weighted by atomic mass is 10.4. The van der Waals surface area contributed by atoms with Crippen molar-refractivity contribution in [2.24, 2.45) is 0 Å². The number of pyridine rings is 1. The lowest BCUT2D eigenvalue weighted by Gasteiger charge is -2.03. The first-order valence-electron chi connectivity index (χ1n) is 3.78. The van der Waals surface area contributed by atoms with Crippen molar-refractivity contribution in [2.75, 3.05) is 18.5 Å². The Hall–Kier alpha value is -1.25. The van der Waals surface area contributed by atoms with Crippen LogP contribution in [0, 0.1) is 0 Å². The van der Waals surface area contributed by atoms with Crippen molar-refractivity contribution in [1.29, 1.82) is 0 Å². The van der Waals surface area contributed by atoms with Gasteiger partial charge in [-0.2, -0.15) is 0 Å². The highest BCUT2D eigenvalue weighted by Crippen LogP contribution is 2.22. The predicted octanol–water partition coefficient (Wildman–Crippen LogP) is 1.28. The topological polar surface area (TPSA) is 34.2 Å². The van der Waals surface area contributed by atoms with Gasteiger partial charge in [-0.25, -0.2) is 4.98 Å². The molecule has 58 valence electrons. The lowest BCUT2D eigenvalue weighted by Crippen LogP contribution is -1.99. The van der Waals surface area contributed by atoms with Gasteiger partial charge in [0, 0.05) is 12.7 Å². The molecular formula is C8H10N2O. The Balaban J connectivity index is 2.33. The van der Waals surface area contributed by atoms with E-state index in [4.69, 9.17) is 4.74 Å². The van der Waals surface area contributed by atoms with Crippen molar-refractivity contribution < 1.29 is 4.74 Å². The summed E-state index contributed by atoms with van der Waals surface area (Å²) < 4.78 is 5.37. The molecule has 1 aliphatic heterocycles. The van der Waals surface area contributed by atoms with Gasteiger partial charge in [0.15, 0.2) is 0 Å². The summed E-state index contributed by atoms with van der Waals surface area (Å²) in [6, 6.07) is 3.88. The molecule has 0 amide bonds. The number of ether oxygens (including phenoxy) is 1. The average Bonchev–Trinajstić information content (AvgIpc) is 2.28. The zero-order chi connectivity index (χ0) is 7.52. The van der Waals surface area contributed by atoms with Crippen molar-refractivity contribution in [3.8, 4) is 5.88 Å². The first-order valence-corrected chi connectivity index (χ1v) is 3.78. The first-order chi connectivity index (χ1) is 5.47. The van der Waals surface area contributed by atoms with Crippen molar-refractivity contribution in [1.82, 2.24) is 4.98 Å². The molecule has 0 saturated carbocycles. The minimum absolute atomic E-state index is 0.727. The molecule has 0 bridgehead atoms. The summed E-state index contributed by atoms with van der Waals surface area (Å²) >= 11 is 0. The highest BCUT2D eigenvalue weighted by Gasteiger charge is 2.06. The Kier molecular flexibility index (Phi) is 1.63. The smallest absolute Gasteiger partial charge is 0.237 e. The fourth-order valence-corrected chi connectivity index (χ4v) is 1.10. The highest BCUT2D eigenvalue weighted by atomic mass is 16.5. The van der Waals surface area contributed by atoms with Crippen LogP contribution in [0.4, 0.5) is 5.69 Å². The van der Waals surface area contributed by atoms with E-state index in [1.807, 2.05) is 12.1 Å². The van der Waals surface area contributed by atoms with Gasteiger partial charge in [0.2, 0.25) is 5.88 Å². The van der Waals surface area contributed by atoms with E-state index in [0.717, 1.165) is 31.1 Å². The Morgan fingerprint density at radius 3 is 3.55 bits per heavy atom. The third-order valence-corrected chi connectivity index (χ3v) is 1.65. The van der Waals surface area contributed by atoms with Crippen LogP contribution in [-0.2, 0) is 0 Å². The molecular weight excluding hydrogens is 140 g/mol. The summed E-state index contributed by atoms with van der Waals surface area (Å²) in [5.74, 6) is 0.727. The number of nitrogens with one attached hydrogen (secondary N) is 1. The van der Waals surface area contributed by atoms with Crippen molar-refractivity contribution in [3.05, 3.63) is 18.3 Å². The average molecular weight is 150 g/mol. The van der Waals surface area contributed by atoms with E-state index in [2.05, 4.69) is 10.3 Å². The molecule has 0 atom stereocenters. The monoisotopic (exact) mass is 150 g/mol. The third kappa shape index (κ3) is 1.27. The van der Waals surface area contributed by atoms with Gasteiger partial charge >= 0.3 is 0 Å². The number of rotatable bonds is 0. The van der Waals surface area contributed by atoms with Crippen LogP contribution < -0.4 is 10.1 Å². The number of nitrogens with zero attached hydrogens (tertiary/aromatic N) is 1. The number of anilines is 1. The fourth-order valence-electron chi connectivity index (χ4n) is 1.10. The summed E-state index contributed by atoms with van der Waals surface area (Å²) in [5, 5.41) is 3.24. The molecule has 0 aliphatic carbocycles. The molecule has 1 aromatic rings. The highest BCUT2D eigenvalue weighted by molar-refractivity contribution is 5.52. The van der Waals surface area contributed by atoms with E-state index in [0.29, 0.717) is 0 Å². The van der Waals surface area contributed by atoms with E-state index in [1.165, 1.54) is 0 Å². The molecule has 11 heavy (non-hydrogen) atoms. The van der Waals surface area contributed by atoms with Gasteiger partial charge in [-0.3, -0.25) is 0 Å². The Morgan fingerprint density at radius 2 is 2.55 bits per heavy atom. The first kappa shape index (κ1) is 6.46. The molecule has 0 aromatic carbocycles. The van der Waals surface area contributed by atoms with Crippen molar-refractivity contribution >= 4 is 5.69 Å². The van der Waals surface area contributed by atoms with E-state index >= 15 is 0 Å². The maximum atomic E-state index is 5.37. The van der Waals surface area contributed by atoms with Crippen LogP contribution in [0.5, 0.6) is 5.88 Å². The van der Waals surface area contributed by atoms with E-state index < -0.39 is 0 Å². The summed E-state index contributed by atoms with van der Waals surface area (Å²) in [6.45, 7) is 1.73. The van der Waals surface area contributed by atoms with Crippen LogP contribution in [0.2, 0.25) is 0 Å². The van der Waals surface area contributed by atoms with Crippen LogP contribution in [0.3, 0.4) is 0 Å². The molecule has 2 heterocycles. The summed E-state index contributed by atoms with van der Waals surface area (Å²) in [6.07, 6.45) is 2.78. The standard InChI is InChI=1S/C8H10N2O/c1-3-7-8(10-4-1)11-6-2-5-9-7/h1,3-4,9H,2,5-6H2. The summed E-state index contributed by atoms with van der Waals surface area (Å²) in [5.41, 5.74) is 1.00. The molecule has 0 spiro atoms. The summed E-state index contributed by atoms with van der Waals surface area (Å²) in [7, 11) is 0. The van der Waals surface area contributed by atoms with Crippen LogP contribution in [0.15, 0.2) is 18.3 Å². The van der Waals surface area contributed by atoms with Crippen molar-refractivity contribution in [3.63, 3.8) is 0 Å². The van der Waals surface area contributed by atoms with Crippen LogP contribution in [0.25, 0.3) is 0 Å². The zero-order valence-corrected chi connectivity index (χ0v) is 6.21. The van der Waals surface area contributed by atoms with E-state index in [-0.39, 0.29) is 0 Å². The molecule has 3 heteroatoms. The van der Waals surface area contributed by atoms with Gasteiger partial charge < -0.3 is 10.1 Å². The quantitative estimate of drug-likeness (QED) is 0.604. The fraction of sp³-hybridized carbons (Fsp3) is 0.375. The molecule has 1 N–H and O–H groups in total. The van der Waals surface area contributed by atoms with Gasteiger partial charge in [0.1, 0.15) is 0 Å². The zero-order valence-electron chi connectivity index (χ0n) is 6.21. The molecule has 0 saturated heterocycles. The van der Waals surface area contributed by atoms with Crippen molar-refractivity contribution in [2.45, 2.75) is 6.42 Å². The third-order valence-electron chi connectivity index (χ3n) is 1.65. The Bertz CT molecular complexity index is 225. The predicted molar refractivity (Wildman–Crippen MR) is 42.8 cm³/mol. The van der Waals surface area contributed by atoms with Crippen LogP contribution >= 0.6 is 0 Å². The molecule has 1 aliphatic rings. The molecule has 0 unspecified atom stereocenters. The van der Waals surface area contributed by atoms with E-state index in [1.54, 1.807) is 6.20 Å². The Labute approximate surface area is 65.4 Å². The molecule has 2 rings (SSSR count). The van der Waals surface area contributed by atoms with Gasteiger partial charge in [0.05, 0.1) is 12.3 Å².